The number of para-hydroxylation sites is 1. The van der Waals surface area contributed by atoms with Gasteiger partial charge in [-0.15, -0.1) is 10.2 Å². The zero-order chi connectivity index (χ0) is 23.3. The fourth-order valence-electron chi connectivity index (χ4n) is 3.76. The Bertz CT molecular complexity index is 1410. The molecule has 3 heterocycles. The van der Waals surface area contributed by atoms with Gasteiger partial charge in [-0.25, -0.2) is 4.79 Å². The molecule has 0 aliphatic carbocycles. The molecule has 0 aliphatic rings. The highest BCUT2D eigenvalue weighted by molar-refractivity contribution is 7.98. The monoisotopic (exact) mass is 470 g/mol. The van der Waals surface area contributed by atoms with Gasteiger partial charge in [0.15, 0.2) is 11.0 Å². The lowest BCUT2D eigenvalue weighted by Crippen LogP contribution is -2.06. The lowest BCUT2D eigenvalue weighted by molar-refractivity contribution is 0.0491. The number of pyridine rings is 1. The molecule has 0 bridgehead atoms. The van der Waals surface area contributed by atoms with Crippen molar-refractivity contribution in [2.75, 3.05) is 6.61 Å². The number of carbonyl (C=O) groups excluding carboxylic acids is 1. The first kappa shape index (κ1) is 21.9. The van der Waals surface area contributed by atoms with Crippen molar-refractivity contribution in [2.24, 2.45) is 0 Å². The zero-order valence-corrected chi connectivity index (χ0v) is 19.4. The third kappa shape index (κ3) is 4.45. The van der Waals surface area contributed by atoms with Crippen molar-refractivity contribution in [3.8, 4) is 11.4 Å². The van der Waals surface area contributed by atoms with E-state index >= 15 is 0 Å². The summed E-state index contributed by atoms with van der Waals surface area (Å²) in [7, 11) is 0. The van der Waals surface area contributed by atoms with E-state index in [1.54, 1.807) is 19.3 Å². The van der Waals surface area contributed by atoms with Crippen LogP contribution in [-0.2, 0) is 17.0 Å². The molecule has 0 aliphatic heterocycles. The van der Waals surface area contributed by atoms with Gasteiger partial charge in [-0.3, -0.25) is 9.55 Å². The van der Waals surface area contributed by atoms with Crippen LogP contribution in [0.3, 0.4) is 0 Å². The second-order valence-electron chi connectivity index (χ2n) is 7.53. The van der Waals surface area contributed by atoms with E-state index in [0.29, 0.717) is 17.9 Å². The van der Waals surface area contributed by atoms with E-state index in [1.165, 1.54) is 11.8 Å². The molecule has 2 aromatic carbocycles. The SMILES string of the molecule is CCOC(=O)c1oc2ccccc2c1CSc1nnc(-c2ccncc2)n1Cc1ccccc1. The summed E-state index contributed by atoms with van der Waals surface area (Å²) in [6.07, 6.45) is 3.49. The number of rotatable bonds is 8. The summed E-state index contributed by atoms with van der Waals surface area (Å²) in [6, 6.07) is 21.6. The maximum Gasteiger partial charge on any atom is 0.374 e. The van der Waals surface area contributed by atoms with Crippen LogP contribution in [0.15, 0.2) is 88.7 Å². The van der Waals surface area contributed by atoms with Crippen LogP contribution in [-0.4, -0.2) is 32.3 Å². The van der Waals surface area contributed by atoms with Gasteiger partial charge in [0.1, 0.15) is 5.58 Å². The number of furan rings is 1. The molecule has 3 aromatic heterocycles. The fourth-order valence-corrected chi connectivity index (χ4v) is 4.72. The maximum absolute atomic E-state index is 12.6. The number of nitrogens with zero attached hydrogens (tertiary/aromatic N) is 4. The number of esters is 1. The van der Waals surface area contributed by atoms with E-state index in [2.05, 4.69) is 31.9 Å². The Hall–Kier alpha value is -3.91. The second-order valence-corrected chi connectivity index (χ2v) is 8.47. The largest absolute Gasteiger partial charge is 0.460 e. The second kappa shape index (κ2) is 9.93. The van der Waals surface area contributed by atoms with Crippen LogP contribution in [0.25, 0.3) is 22.4 Å². The van der Waals surface area contributed by atoms with Crippen LogP contribution in [0, 0.1) is 0 Å². The van der Waals surface area contributed by atoms with E-state index < -0.39 is 5.97 Å². The Morgan fingerprint density at radius 3 is 2.56 bits per heavy atom. The number of hydrogen-bond acceptors (Lipinski definition) is 7. The van der Waals surface area contributed by atoms with Gasteiger partial charge in [0.05, 0.1) is 13.2 Å². The number of thioether (sulfide) groups is 1. The summed E-state index contributed by atoms with van der Waals surface area (Å²) in [5, 5.41) is 10.6. The average molecular weight is 471 g/mol. The number of fused-ring (bicyclic) bond motifs is 1. The Labute approximate surface area is 200 Å². The predicted molar refractivity (Wildman–Crippen MR) is 131 cm³/mol. The first-order valence-electron chi connectivity index (χ1n) is 10.9. The highest BCUT2D eigenvalue weighted by Gasteiger charge is 2.23. The Morgan fingerprint density at radius 1 is 1.00 bits per heavy atom. The molecular formula is C26H22N4O3S. The summed E-state index contributed by atoms with van der Waals surface area (Å²) in [4.78, 5) is 16.7. The van der Waals surface area contributed by atoms with Crippen LogP contribution in [0.5, 0.6) is 0 Å². The standard InChI is InChI=1S/C26H22N4O3S/c1-2-32-25(31)23-21(20-10-6-7-11-22(20)33-23)17-34-26-29-28-24(19-12-14-27-15-13-19)30(26)16-18-8-4-3-5-9-18/h3-15H,2,16-17H2,1H3. The van der Waals surface area contributed by atoms with Crippen LogP contribution in [0.4, 0.5) is 0 Å². The van der Waals surface area contributed by atoms with E-state index in [4.69, 9.17) is 9.15 Å². The van der Waals surface area contributed by atoms with Crippen molar-refractivity contribution in [1.82, 2.24) is 19.7 Å². The summed E-state index contributed by atoms with van der Waals surface area (Å²) in [5.74, 6) is 1.02. The van der Waals surface area contributed by atoms with Crippen molar-refractivity contribution < 1.29 is 13.9 Å². The number of hydrogen-bond donors (Lipinski definition) is 0. The van der Waals surface area contributed by atoms with E-state index in [0.717, 1.165) is 33.1 Å². The van der Waals surface area contributed by atoms with Crippen LogP contribution < -0.4 is 0 Å². The lowest BCUT2D eigenvalue weighted by atomic mass is 10.1. The lowest BCUT2D eigenvalue weighted by Gasteiger charge is -2.10. The highest BCUT2D eigenvalue weighted by atomic mass is 32.2. The summed E-state index contributed by atoms with van der Waals surface area (Å²) < 4.78 is 13.2. The van der Waals surface area contributed by atoms with Gasteiger partial charge in [0.25, 0.3) is 0 Å². The molecule has 0 atom stereocenters. The van der Waals surface area contributed by atoms with Gasteiger partial charge in [-0.05, 0) is 30.7 Å². The van der Waals surface area contributed by atoms with E-state index in [9.17, 15) is 4.79 Å². The van der Waals surface area contributed by atoms with Crippen LogP contribution >= 0.6 is 11.8 Å². The molecule has 0 spiro atoms. The Kier molecular flexibility index (Phi) is 6.40. The summed E-state index contributed by atoms with van der Waals surface area (Å²) in [6.45, 7) is 2.68. The summed E-state index contributed by atoms with van der Waals surface area (Å²) in [5.41, 5.74) is 3.52. The molecule has 0 amide bonds. The van der Waals surface area contributed by atoms with E-state index in [-0.39, 0.29) is 12.4 Å². The highest BCUT2D eigenvalue weighted by Crippen LogP contribution is 2.33. The normalized spacial score (nSPS) is 11.1. The number of aromatic nitrogens is 4. The molecule has 8 heteroatoms. The molecular weight excluding hydrogens is 448 g/mol. The number of benzene rings is 2. The van der Waals surface area contributed by atoms with E-state index in [1.807, 2.05) is 54.6 Å². The van der Waals surface area contributed by atoms with Gasteiger partial charge in [0.2, 0.25) is 5.76 Å². The fraction of sp³-hybridized carbons (Fsp3) is 0.154. The molecule has 0 fully saturated rings. The minimum atomic E-state index is -0.461. The minimum absolute atomic E-state index is 0.235. The number of ether oxygens (including phenoxy) is 1. The first-order chi connectivity index (χ1) is 16.7. The molecule has 0 saturated heterocycles. The van der Waals surface area contributed by atoms with Crippen molar-refractivity contribution in [3.63, 3.8) is 0 Å². The van der Waals surface area contributed by atoms with Crippen molar-refractivity contribution >= 4 is 28.7 Å². The average Bonchev–Trinajstić information content (AvgIpc) is 3.45. The number of carbonyl (C=O) groups is 1. The first-order valence-corrected chi connectivity index (χ1v) is 11.9. The zero-order valence-electron chi connectivity index (χ0n) is 18.5. The molecule has 170 valence electrons. The Balaban J connectivity index is 1.51. The molecule has 0 radical (unpaired) electrons. The molecule has 0 N–H and O–H groups in total. The Morgan fingerprint density at radius 2 is 1.76 bits per heavy atom. The van der Waals surface area contributed by atoms with Gasteiger partial charge >= 0.3 is 5.97 Å². The van der Waals surface area contributed by atoms with Crippen molar-refractivity contribution in [3.05, 3.63) is 96.0 Å². The van der Waals surface area contributed by atoms with Gasteiger partial charge < -0.3 is 9.15 Å². The van der Waals surface area contributed by atoms with Crippen molar-refractivity contribution in [1.29, 1.82) is 0 Å². The third-order valence-electron chi connectivity index (χ3n) is 5.34. The predicted octanol–water partition coefficient (Wildman–Crippen LogP) is 5.60. The molecule has 0 unspecified atom stereocenters. The molecule has 34 heavy (non-hydrogen) atoms. The maximum atomic E-state index is 12.6. The molecule has 7 nitrogen and oxygen atoms in total. The third-order valence-corrected chi connectivity index (χ3v) is 6.34. The molecule has 0 saturated carbocycles. The van der Waals surface area contributed by atoms with Gasteiger partial charge in [-0.2, -0.15) is 0 Å². The molecule has 5 aromatic rings. The summed E-state index contributed by atoms with van der Waals surface area (Å²) >= 11 is 1.51. The molecule has 5 rings (SSSR count). The van der Waals surface area contributed by atoms with Gasteiger partial charge in [-0.1, -0.05) is 60.3 Å². The van der Waals surface area contributed by atoms with Crippen molar-refractivity contribution in [2.45, 2.75) is 24.4 Å². The smallest absolute Gasteiger partial charge is 0.374 e. The quantitative estimate of drug-likeness (QED) is 0.215. The minimum Gasteiger partial charge on any atom is -0.460 e. The topological polar surface area (TPSA) is 83.0 Å². The van der Waals surface area contributed by atoms with Crippen LogP contribution in [0.1, 0.15) is 28.6 Å². The van der Waals surface area contributed by atoms with Gasteiger partial charge in [0, 0.05) is 34.7 Å². The van der Waals surface area contributed by atoms with Crippen LogP contribution in [0.2, 0.25) is 0 Å².